The van der Waals surface area contributed by atoms with Gasteiger partial charge in [0.25, 0.3) is 0 Å². The summed E-state index contributed by atoms with van der Waals surface area (Å²) in [7, 11) is 0. The van der Waals surface area contributed by atoms with E-state index in [1.807, 2.05) is 6.92 Å². The first kappa shape index (κ1) is 15.5. The van der Waals surface area contributed by atoms with Crippen molar-refractivity contribution in [2.45, 2.75) is 6.92 Å². The number of pyridine rings is 2. The Labute approximate surface area is 141 Å². The van der Waals surface area contributed by atoms with Crippen molar-refractivity contribution >= 4 is 45.9 Å². The van der Waals surface area contributed by atoms with Gasteiger partial charge >= 0.3 is 6.09 Å². The van der Waals surface area contributed by atoms with E-state index in [4.69, 9.17) is 23.2 Å². The molecule has 0 amide bonds. The summed E-state index contributed by atoms with van der Waals surface area (Å²) in [6, 6.07) is 5.13. The molecule has 3 rings (SSSR count). The van der Waals surface area contributed by atoms with Crippen molar-refractivity contribution in [3.8, 4) is 0 Å². The third-order valence-electron chi connectivity index (χ3n) is 3.52. The highest BCUT2D eigenvalue weighted by molar-refractivity contribution is 6.31. The highest BCUT2D eigenvalue weighted by atomic mass is 35.5. The van der Waals surface area contributed by atoms with Gasteiger partial charge in [0.15, 0.2) is 0 Å². The SMILES string of the molecule is C=C(c1ccc(Cl)nc1C)c1cn(C(=O)O)c2ncc(Cl)cc12. The van der Waals surface area contributed by atoms with Crippen molar-refractivity contribution < 1.29 is 9.90 Å². The van der Waals surface area contributed by atoms with E-state index in [9.17, 15) is 9.90 Å². The lowest BCUT2D eigenvalue weighted by molar-refractivity contribution is 0.197. The van der Waals surface area contributed by atoms with Crippen molar-refractivity contribution in [2.24, 2.45) is 0 Å². The highest BCUT2D eigenvalue weighted by Gasteiger charge is 2.18. The molecule has 0 radical (unpaired) electrons. The number of carbonyl (C=O) groups is 1. The van der Waals surface area contributed by atoms with Crippen LogP contribution in [0.5, 0.6) is 0 Å². The molecule has 0 atom stereocenters. The minimum Gasteiger partial charge on any atom is -0.464 e. The van der Waals surface area contributed by atoms with E-state index < -0.39 is 6.09 Å². The molecule has 0 aliphatic carbocycles. The van der Waals surface area contributed by atoms with Gasteiger partial charge < -0.3 is 5.11 Å². The summed E-state index contributed by atoms with van der Waals surface area (Å²) in [5, 5.41) is 10.8. The summed E-state index contributed by atoms with van der Waals surface area (Å²) in [6.07, 6.45) is 1.76. The van der Waals surface area contributed by atoms with Crippen LogP contribution in [0.2, 0.25) is 10.2 Å². The molecular formula is C16H11Cl2N3O2. The molecule has 1 N–H and O–H groups in total. The van der Waals surface area contributed by atoms with Gasteiger partial charge in [0.1, 0.15) is 10.8 Å². The van der Waals surface area contributed by atoms with Crippen molar-refractivity contribution in [1.29, 1.82) is 0 Å². The molecule has 0 saturated carbocycles. The van der Waals surface area contributed by atoms with Gasteiger partial charge in [-0.1, -0.05) is 29.8 Å². The van der Waals surface area contributed by atoms with E-state index in [1.54, 1.807) is 18.2 Å². The smallest absolute Gasteiger partial charge is 0.417 e. The third-order valence-corrected chi connectivity index (χ3v) is 3.94. The molecule has 7 heteroatoms. The normalized spacial score (nSPS) is 10.9. The number of carboxylic acid groups (broad SMARTS) is 1. The molecular weight excluding hydrogens is 337 g/mol. The maximum Gasteiger partial charge on any atom is 0.417 e. The summed E-state index contributed by atoms with van der Waals surface area (Å²) in [5.74, 6) is 0. The van der Waals surface area contributed by atoms with E-state index in [0.29, 0.717) is 38.0 Å². The summed E-state index contributed by atoms with van der Waals surface area (Å²) >= 11 is 11.9. The van der Waals surface area contributed by atoms with Crippen molar-refractivity contribution in [1.82, 2.24) is 14.5 Å². The molecule has 3 aromatic rings. The van der Waals surface area contributed by atoms with Crippen LogP contribution in [-0.2, 0) is 0 Å². The maximum atomic E-state index is 11.4. The van der Waals surface area contributed by atoms with Crippen LogP contribution in [0, 0.1) is 6.92 Å². The molecule has 0 unspecified atom stereocenters. The van der Waals surface area contributed by atoms with Crippen LogP contribution < -0.4 is 0 Å². The van der Waals surface area contributed by atoms with Crippen LogP contribution in [0.4, 0.5) is 4.79 Å². The number of fused-ring (bicyclic) bond motifs is 1. The van der Waals surface area contributed by atoms with Crippen LogP contribution in [0.3, 0.4) is 0 Å². The van der Waals surface area contributed by atoms with Gasteiger partial charge in [-0.05, 0) is 30.7 Å². The lowest BCUT2D eigenvalue weighted by atomic mass is 9.99. The lowest BCUT2D eigenvalue weighted by Crippen LogP contribution is -2.06. The number of aromatic nitrogens is 3. The average molecular weight is 348 g/mol. The minimum atomic E-state index is -1.13. The Morgan fingerprint density at radius 1 is 1.30 bits per heavy atom. The zero-order chi connectivity index (χ0) is 16.7. The monoisotopic (exact) mass is 347 g/mol. The van der Waals surface area contributed by atoms with Crippen molar-refractivity contribution in [3.63, 3.8) is 0 Å². The second-order valence-electron chi connectivity index (χ2n) is 4.97. The molecule has 0 fully saturated rings. The van der Waals surface area contributed by atoms with E-state index in [-0.39, 0.29) is 0 Å². The second kappa shape index (κ2) is 5.68. The van der Waals surface area contributed by atoms with Crippen molar-refractivity contribution in [2.75, 3.05) is 0 Å². The quantitative estimate of drug-likeness (QED) is 0.686. The first-order valence-corrected chi connectivity index (χ1v) is 7.36. The molecule has 3 aromatic heterocycles. The van der Waals surface area contributed by atoms with E-state index >= 15 is 0 Å². The van der Waals surface area contributed by atoms with Gasteiger partial charge in [-0.15, -0.1) is 0 Å². The minimum absolute atomic E-state index is 0.303. The molecule has 23 heavy (non-hydrogen) atoms. The molecule has 116 valence electrons. The Morgan fingerprint density at radius 3 is 2.70 bits per heavy atom. The van der Waals surface area contributed by atoms with Crippen LogP contribution in [0.15, 0.2) is 37.2 Å². The third kappa shape index (κ3) is 2.69. The van der Waals surface area contributed by atoms with Crippen LogP contribution in [-0.4, -0.2) is 25.7 Å². The standard InChI is InChI=1S/C16H11Cl2N3O2/c1-8(11-3-4-14(18)20-9(11)2)13-7-21(16(22)23)15-12(13)5-10(17)6-19-15/h3-7H,1H2,2H3,(H,22,23). The Balaban J connectivity index is 2.24. The number of rotatable bonds is 2. The largest absolute Gasteiger partial charge is 0.464 e. The van der Waals surface area contributed by atoms with Gasteiger partial charge in [-0.3, -0.25) is 0 Å². The number of hydrogen-bond donors (Lipinski definition) is 1. The van der Waals surface area contributed by atoms with E-state index in [1.165, 1.54) is 12.4 Å². The summed E-state index contributed by atoms with van der Waals surface area (Å²) in [6.45, 7) is 5.89. The second-order valence-corrected chi connectivity index (χ2v) is 5.79. The van der Waals surface area contributed by atoms with Crippen molar-refractivity contribution in [3.05, 3.63) is 64.2 Å². The molecule has 0 aliphatic heterocycles. The predicted molar refractivity (Wildman–Crippen MR) is 90.3 cm³/mol. The van der Waals surface area contributed by atoms with Crippen LogP contribution >= 0.6 is 23.2 Å². The number of aryl methyl sites for hydroxylation is 1. The van der Waals surface area contributed by atoms with E-state index in [2.05, 4.69) is 16.5 Å². The summed E-state index contributed by atoms with van der Waals surface area (Å²) in [5.41, 5.74) is 3.04. The zero-order valence-electron chi connectivity index (χ0n) is 12.0. The Hall–Kier alpha value is -2.37. The molecule has 0 aliphatic rings. The fourth-order valence-corrected chi connectivity index (χ4v) is 2.81. The van der Waals surface area contributed by atoms with Gasteiger partial charge in [-0.2, -0.15) is 0 Å². The molecule has 0 bridgehead atoms. The summed E-state index contributed by atoms with van der Waals surface area (Å²) < 4.78 is 1.05. The van der Waals surface area contributed by atoms with Crippen LogP contribution in [0.25, 0.3) is 16.6 Å². The Bertz CT molecular complexity index is 963. The van der Waals surface area contributed by atoms with Gasteiger partial charge in [0.05, 0.1) is 5.02 Å². The highest BCUT2D eigenvalue weighted by Crippen LogP contribution is 2.32. The zero-order valence-corrected chi connectivity index (χ0v) is 13.6. The van der Waals surface area contributed by atoms with Gasteiger partial charge in [0, 0.05) is 34.6 Å². The number of halogens is 2. The van der Waals surface area contributed by atoms with Crippen LogP contribution in [0.1, 0.15) is 16.8 Å². The van der Waals surface area contributed by atoms with E-state index in [0.717, 1.165) is 10.1 Å². The maximum absolute atomic E-state index is 11.4. The van der Waals surface area contributed by atoms with Gasteiger partial charge in [-0.25, -0.2) is 19.3 Å². The Kier molecular flexibility index (Phi) is 3.83. The fraction of sp³-hybridized carbons (Fsp3) is 0.0625. The predicted octanol–water partition coefficient (Wildman–Crippen LogP) is 4.63. The average Bonchev–Trinajstić information content (AvgIpc) is 2.85. The summed E-state index contributed by atoms with van der Waals surface area (Å²) in [4.78, 5) is 19.7. The molecule has 3 heterocycles. The Morgan fingerprint density at radius 2 is 2.04 bits per heavy atom. The first-order chi connectivity index (χ1) is 10.9. The first-order valence-electron chi connectivity index (χ1n) is 6.61. The fourth-order valence-electron chi connectivity index (χ4n) is 2.46. The molecule has 0 aromatic carbocycles. The number of nitrogens with zero attached hydrogens (tertiary/aromatic N) is 3. The molecule has 0 spiro atoms. The molecule has 0 saturated heterocycles. The van der Waals surface area contributed by atoms with Gasteiger partial charge in [0.2, 0.25) is 0 Å². The number of hydrogen-bond acceptors (Lipinski definition) is 3. The topological polar surface area (TPSA) is 68.0 Å². The lowest BCUT2D eigenvalue weighted by Gasteiger charge is -2.08. The molecule has 5 nitrogen and oxygen atoms in total.